The minimum atomic E-state index is -4.87. The normalized spacial score (nSPS) is 16.8. The largest absolute Gasteiger partial charge is 0.419 e. The van der Waals surface area contributed by atoms with E-state index in [1.54, 1.807) is 12.1 Å². The van der Waals surface area contributed by atoms with Gasteiger partial charge in [0, 0.05) is 19.6 Å². The van der Waals surface area contributed by atoms with Gasteiger partial charge in [-0.3, -0.25) is 4.39 Å². The standard InChI is InChI=1S/C31H29F6N/c32-14-5-15-38-18-20(19-38)16-22-12-13-23(17-28(22)34)29-24-8-2-1-6-21(24)7-3-9-25(29)26-10-4-11-27(33)30(26)31(35,36)37/h1-2,4,6,8,10-13,17,20H,3,5,7,9,14-16,18-19H2. The van der Waals surface area contributed by atoms with E-state index in [9.17, 15) is 22.0 Å². The van der Waals surface area contributed by atoms with Crippen LogP contribution in [0.2, 0.25) is 0 Å². The average Bonchev–Trinajstić information content (AvgIpc) is 3.05. The number of allylic oxidation sites excluding steroid dienone is 1. The lowest BCUT2D eigenvalue weighted by atomic mass is 9.85. The number of hydrogen-bond acceptors (Lipinski definition) is 1. The SMILES string of the molecule is FCCCN1CC(Cc2ccc(C3=C(c4cccc(F)c4C(F)(F)F)CCCc4ccccc43)cc2F)C1. The van der Waals surface area contributed by atoms with Crippen LogP contribution in [0.1, 0.15) is 52.6 Å². The molecular weight excluding hydrogens is 500 g/mol. The molecule has 0 radical (unpaired) electrons. The fourth-order valence-electron chi connectivity index (χ4n) is 5.84. The van der Waals surface area contributed by atoms with E-state index < -0.39 is 23.4 Å². The number of halogens is 6. The summed E-state index contributed by atoms with van der Waals surface area (Å²) in [7, 11) is 0. The summed E-state index contributed by atoms with van der Waals surface area (Å²) in [5.41, 5.74) is 2.14. The van der Waals surface area contributed by atoms with Crippen molar-refractivity contribution in [2.24, 2.45) is 5.92 Å². The molecule has 7 heteroatoms. The van der Waals surface area contributed by atoms with Crippen molar-refractivity contribution in [2.75, 3.05) is 26.3 Å². The van der Waals surface area contributed by atoms with Crippen LogP contribution in [0, 0.1) is 17.6 Å². The number of hydrogen-bond donors (Lipinski definition) is 0. The Bertz CT molecular complexity index is 1340. The second-order valence-corrected chi connectivity index (χ2v) is 10.2. The van der Waals surface area contributed by atoms with Crippen LogP contribution in [0.4, 0.5) is 26.3 Å². The number of fused-ring (bicyclic) bond motifs is 1. The van der Waals surface area contributed by atoms with Gasteiger partial charge in [-0.15, -0.1) is 0 Å². The zero-order valence-corrected chi connectivity index (χ0v) is 20.9. The summed E-state index contributed by atoms with van der Waals surface area (Å²) in [6.07, 6.45) is -2.29. The summed E-state index contributed by atoms with van der Waals surface area (Å²) in [5, 5.41) is 0. The summed E-state index contributed by atoms with van der Waals surface area (Å²) in [6.45, 7) is 1.94. The van der Waals surface area contributed by atoms with Crippen molar-refractivity contribution in [1.82, 2.24) is 4.90 Å². The molecule has 0 N–H and O–H groups in total. The molecule has 0 aromatic heterocycles. The first-order valence-corrected chi connectivity index (χ1v) is 13.0. The van der Waals surface area contributed by atoms with Gasteiger partial charge in [-0.2, -0.15) is 13.2 Å². The van der Waals surface area contributed by atoms with E-state index in [2.05, 4.69) is 4.90 Å². The fourth-order valence-corrected chi connectivity index (χ4v) is 5.84. The number of alkyl halides is 4. The Balaban J connectivity index is 1.57. The summed E-state index contributed by atoms with van der Waals surface area (Å²) < 4.78 is 84.5. The lowest BCUT2D eigenvalue weighted by molar-refractivity contribution is -0.140. The van der Waals surface area contributed by atoms with Crippen molar-refractivity contribution in [3.63, 3.8) is 0 Å². The number of benzene rings is 3. The first-order valence-electron chi connectivity index (χ1n) is 13.0. The molecular formula is C31H29F6N. The first kappa shape index (κ1) is 26.5. The molecule has 1 aliphatic heterocycles. The number of aryl methyl sites for hydroxylation is 1. The van der Waals surface area contributed by atoms with Crippen molar-refractivity contribution in [3.8, 4) is 0 Å². The molecule has 0 atom stereocenters. The van der Waals surface area contributed by atoms with Gasteiger partial charge in [0.15, 0.2) is 0 Å². The zero-order chi connectivity index (χ0) is 26.9. The molecule has 3 aromatic carbocycles. The molecule has 1 nitrogen and oxygen atoms in total. The van der Waals surface area contributed by atoms with Crippen molar-refractivity contribution < 1.29 is 26.3 Å². The van der Waals surface area contributed by atoms with Crippen LogP contribution >= 0.6 is 0 Å². The number of rotatable bonds is 7. The lowest BCUT2D eigenvalue weighted by Crippen LogP contribution is -2.48. The van der Waals surface area contributed by atoms with Gasteiger partial charge in [0.05, 0.1) is 12.2 Å². The molecule has 0 amide bonds. The van der Waals surface area contributed by atoms with Gasteiger partial charge in [-0.05, 0) is 89.1 Å². The lowest BCUT2D eigenvalue weighted by Gasteiger charge is -2.39. The Morgan fingerprint density at radius 2 is 1.61 bits per heavy atom. The highest BCUT2D eigenvalue weighted by molar-refractivity contribution is 6.00. The average molecular weight is 530 g/mol. The third kappa shape index (κ3) is 5.39. The number of nitrogens with zero attached hydrogens (tertiary/aromatic N) is 1. The predicted molar refractivity (Wildman–Crippen MR) is 137 cm³/mol. The third-order valence-corrected chi connectivity index (χ3v) is 7.57. The maximum absolute atomic E-state index is 15.4. The van der Waals surface area contributed by atoms with Crippen LogP contribution in [0.15, 0.2) is 60.7 Å². The van der Waals surface area contributed by atoms with E-state index >= 15 is 4.39 Å². The first-order chi connectivity index (χ1) is 18.3. The molecule has 0 unspecified atom stereocenters. The van der Waals surface area contributed by atoms with Gasteiger partial charge in [-0.1, -0.05) is 48.5 Å². The van der Waals surface area contributed by atoms with Crippen molar-refractivity contribution in [2.45, 2.75) is 38.3 Å². The summed E-state index contributed by atoms with van der Waals surface area (Å²) in [4.78, 5) is 2.15. The molecule has 1 saturated heterocycles. The Hall–Kier alpha value is -3.06. The molecule has 1 fully saturated rings. The van der Waals surface area contributed by atoms with Crippen LogP contribution in [0.5, 0.6) is 0 Å². The molecule has 0 saturated carbocycles. The topological polar surface area (TPSA) is 3.24 Å². The van der Waals surface area contributed by atoms with E-state index in [0.717, 1.165) is 30.3 Å². The molecule has 200 valence electrons. The minimum absolute atomic E-state index is 0.198. The van der Waals surface area contributed by atoms with Crippen LogP contribution < -0.4 is 0 Å². The van der Waals surface area contributed by atoms with E-state index in [4.69, 9.17) is 0 Å². The smallest absolute Gasteiger partial charge is 0.303 e. The van der Waals surface area contributed by atoms with Crippen LogP contribution in [-0.2, 0) is 19.0 Å². The van der Waals surface area contributed by atoms with E-state index in [-0.39, 0.29) is 18.2 Å². The van der Waals surface area contributed by atoms with Gasteiger partial charge in [-0.25, -0.2) is 8.78 Å². The molecule has 5 rings (SSSR count). The maximum atomic E-state index is 15.4. The maximum Gasteiger partial charge on any atom is 0.419 e. The Kier molecular flexibility index (Phi) is 7.66. The number of likely N-dealkylation sites (tertiary alicyclic amines) is 1. The summed E-state index contributed by atoms with van der Waals surface area (Å²) in [5.74, 6) is -1.44. The monoisotopic (exact) mass is 529 g/mol. The van der Waals surface area contributed by atoms with E-state index in [1.807, 2.05) is 24.3 Å². The van der Waals surface area contributed by atoms with Crippen LogP contribution in [-0.4, -0.2) is 31.2 Å². The van der Waals surface area contributed by atoms with Crippen LogP contribution in [0.25, 0.3) is 11.1 Å². The van der Waals surface area contributed by atoms with Crippen molar-refractivity contribution in [3.05, 3.63) is 106 Å². The molecule has 3 aromatic rings. The Morgan fingerprint density at radius 1 is 0.842 bits per heavy atom. The van der Waals surface area contributed by atoms with Crippen molar-refractivity contribution in [1.29, 1.82) is 0 Å². The second-order valence-electron chi connectivity index (χ2n) is 10.2. The highest BCUT2D eigenvalue weighted by Crippen LogP contribution is 2.45. The molecule has 1 aliphatic carbocycles. The van der Waals surface area contributed by atoms with E-state index in [0.29, 0.717) is 60.9 Å². The second kappa shape index (κ2) is 11.0. The van der Waals surface area contributed by atoms with Crippen LogP contribution in [0.3, 0.4) is 0 Å². The van der Waals surface area contributed by atoms with Gasteiger partial charge in [0.1, 0.15) is 11.6 Å². The Morgan fingerprint density at radius 3 is 2.34 bits per heavy atom. The molecule has 38 heavy (non-hydrogen) atoms. The van der Waals surface area contributed by atoms with Gasteiger partial charge in [0.2, 0.25) is 0 Å². The van der Waals surface area contributed by atoms with Crippen molar-refractivity contribution >= 4 is 11.1 Å². The third-order valence-electron chi connectivity index (χ3n) is 7.57. The molecule has 0 spiro atoms. The quantitative estimate of drug-likeness (QED) is 0.280. The highest BCUT2D eigenvalue weighted by Gasteiger charge is 2.38. The molecule has 0 bridgehead atoms. The minimum Gasteiger partial charge on any atom is -0.303 e. The summed E-state index contributed by atoms with van der Waals surface area (Å²) in [6, 6.07) is 15.8. The zero-order valence-electron chi connectivity index (χ0n) is 20.9. The predicted octanol–water partition coefficient (Wildman–Crippen LogP) is 8.11. The molecule has 1 heterocycles. The van der Waals surface area contributed by atoms with E-state index in [1.165, 1.54) is 18.2 Å². The highest BCUT2D eigenvalue weighted by atomic mass is 19.4. The van der Waals surface area contributed by atoms with Gasteiger partial charge >= 0.3 is 6.18 Å². The molecule has 2 aliphatic rings. The van der Waals surface area contributed by atoms with Gasteiger partial charge in [0.25, 0.3) is 0 Å². The summed E-state index contributed by atoms with van der Waals surface area (Å²) >= 11 is 0. The van der Waals surface area contributed by atoms with Gasteiger partial charge < -0.3 is 4.90 Å². The fraction of sp³-hybridized carbons (Fsp3) is 0.355. The Labute approximate surface area is 218 Å².